The minimum Gasteiger partial charge on any atom is -0.482 e. The standard InChI is InChI=1S/C22H18Cl2N6O2/c1-14-26-20(12-21(27-14)30-10-2-9-25-30)28-16-4-6-17(7-5-16)29-22(31)13-32-19-8-3-15(23)11-18(19)24/h2-12H,13H2,1H3,(H,29,31)(H,26,27,28). The van der Waals surface area contributed by atoms with Gasteiger partial charge in [-0.25, -0.2) is 14.6 Å². The van der Waals surface area contributed by atoms with Gasteiger partial charge in [-0.15, -0.1) is 0 Å². The molecule has 0 spiro atoms. The Kier molecular flexibility index (Phi) is 6.53. The largest absolute Gasteiger partial charge is 0.482 e. The second-order valence-electron chi connectivity index (χ2n) is 6.72. The van der Waals surface area contributed by atoms with E-state index in [4.69, 9.17) is 27.9 Å². The molecule has 0 bridgehead atoms. The van der Waals surface area contributed by atoms with Gasteiger partial charge in [0, 0.05) is 34.9 Å². The molecule has 0 atom stereocenters. The highest BCUT2D eigenvalue weighted by atomic mass is 35.5. The fourth-order valence-corrected chi connectivity index (χ4v) is 3.32. The predicted molar refractivity (Wildman–Crippen MR) is 124 cm³/mol. The molecule has 2 aromatic carbocycles. The van der Waals surface area contributed by atoms with Crippen molar-refractivity contribution in [2.24, 2.45) is 0 Å². The predicted octanol–water partition coefficient (Wildman–Crippen LogP) is 5.04. The van der Waals surface area contributed by atoms with E-state index in [9.17, 15) is 4.79 Å². The van der Waals surface area contributed by atoms with Crippen molar-refractivity contribution in [3.63, 3.8) is 0 Å². The number of ether oxygens (including phenoxy) is 1. The monoisotopic (exact) mass is 468 g/mol. The van der Waals surface area contributed by atoms with Crippen LogP contribution in [-0.4, -0.2) is 32.3 Å². The number of amides is 1. The molecule has 0 aliphatic heterocycles. The van der Waals surface area contributed by atoms with Gasteiger partial charge in [-0.2, -0.15) is 5.10 Å². The number of carbonyl (C=O) groups excluding carboxylic acids is 1. The van der Waals surface area contributed by atoms with Crippen LogP contribution in [0.15, 0.2) is 67.0 Å². The van der Waals surface area contributed by atoms with Crippen molar-refractivity contribution in [1.29, 1.82) is 0 Å². The van der Waals surface area contributed by atoms with E-state index in [0.29, 0.717) is 38.9 Å². The molecule has 4 rings (SSSR count). The first kappa shape index (κ1) is 21.6. The molecular formula is C22H18Cl2N6O2. The maximum atomic E-state index is 12.2. The summed E-state index contributed by atoms with van der Waals surface area (Å²) in [6.07, 6.45) is 3.50. The normalized spacial score (nSPS) is 10.6. The summed E-state index contributed by atoms with van der Waals surface area (Å²) in [5.74, 6) is 1.99. The van der Waals surface area contributed by atoms with E-state index in [1.165, 1.54) is 0 Å². The lowest BCUT2D eigenvalue weighted by atomic mass is 10.2. The van der Waals surface area contributed by atoms with Crippen LogP contribution in [-0.2, 0) is 4.79 Å². The lowest BCUT2D eigenvalue weighted by Crippen LogP contribution is -2.20. The number of aromatic nitrogens is 4. The van der Waals surface area contributed by atoms with Gasteiger partial charge in [0.25, 0.3) is 5.91 Å². The molecule has 0 saturated carbocycles. The molecule has 32 heavy (non-hydrogen) atoms. The minimum absolute atomic E-state index is 0.183. The van der Waals surface area contributed by atoms with Gasteiger partial charge in [0.15, 0.2) is 12.4 Å². The second-order valence-corrected chi connectivity index (χ2v) is 7.57. The molecule has 0 fully saturated rings. The highest BCUT2D eigenvalue weighted by Gasteiger charge is 2.08. The molecule has 10 heteroatoms. The zero-order valence-electron chi connectivity index (χ0n) is 16.9. The number of benzene rings is 2. The number of hydrogen-bond donors (Lipinski definition) is 2. The van der Waals surface area contributed by atoms with Crippen molar-refractivity contribution in [3.8, 4) is 11.6 Å². The zero-order valence-corrected chi connectivity index (χ0v) is 18.4. The fraction of sp³-hybridized carbons (Fsp3) is 0.0909. The molecular weight excluding hydrogens is 451 g/mol. The Labute approximate surface area is 194 Å². The smallest absolute Gasteiger partial charge is 0.262 e. The van der Waals surface area contributed by atoms with Gasteiger partial charge in [0.2, 0.25) is 0 Å². The van der Waals surface area contributed by atoms with Crippen molar-refractivity contribution in [2.75, 3.05) is 17.2 Å². The molecule has 1 amide bonds. The van der Waals surface area contributed by atoms with E-state index >= 15 is 0 Å². The number of nitrogens with one attached hydrogen (secondary N) is 2. The lowest BCUT2D eigenvalue weighted by Gasteiger charge is -2.11. The molecule has 0 saturated heterocycles. The van der Waals surface area contributed by atoms with Gasteiger partial charge in [-0.3, -0.25) is 4.79 Å². The first-order valence-electron chi connectivity index (χ1n) is 9.57. The van der Waals surface area contributed by atoms with Crippen molar-refractivity contribution in [2.45, 2.75) is 6.92 Å². The van der Waals surface area contributed by atoms with Crippen LogP contribution in [0.1, 0.15) is 5.82 Å². The maximum Gasteiger partial charge on any atom is 0.262 e. The molecule has 2 N–H and O–H groups in total. The van der Waals surface area contributed by atoms with Crippen LogP contribution in [0.3, 0.4) is 0 Å². The molecule has 2 heterocycles. The van der Waals surface area contributed by atoms with Crippen LogP contribution < -0.4 is 15.4 Å². The highest BCUT2D eigenvalue weighted by molar-refractivity contribution is 6.35. The summed E-state index contributed by atoms with van der Waals surface area (Å²) in [6.45, 7) is 1.63. The topological polar surface area (TPSA) is 94.0 Å². The quantitative estimate of drug-likeness (QED) is 0.394. The number of anilines is 3. The summed E-state index contributed by atoms with van der Waals surface area (Å²) in [7, 11) is 0. The van der Waals surface area contributed by atoms with Gasteiger partial charge in [0.1, 0.15) is 17.4 Å². The van der Waals surface area contributed by atoms with E-state index in [0.717, 1.165) is 5.69 Å². The number of halogens is 2. The van der Waals surface area contributed by atoms with Crippen molar-refractivity contribution in [1.82, 2.24) is 19.7 Å². The van der Waals surface area contributed by atoms with E-state index in [-0.39, 0.29) is 12.5 Å². The number of hydrogen-bond acceptors (Lipinski definition) is 6. The first-order valence-corrected chi connectivity index (χ1v) is 10.3. The number of rotatable bonds is 7. The molecule has 0 unspecified atom stereocenters. The number of aryl methyl sites for hydroxylation is 1. The van der Waals surface area contributed by atoms with Crippen LogP contribution in [0.4, 0.5) is 17.2 Å². The second kappa shape index (κ2) is 9.67. The Bertz CT molecular complexity index is 1230. The summed E-state index contributed by atoms with van der Waals surface area (Å²) in [4.78, 5) is 21.0. The minimum atomic E-state index is -0.313. The van der Waals surface area contributed by atoms with Crippen molar-refractivity contribution < 1.29 is 9.53 Å². The fourth-order valence-electron chi connectivity index (χ4n) is 2.86. The molecule has 0 radical (unpaired) electrons. The van der Waals surface area contributed by atoms with Gasteiger partial charge in [-0.05, 0) is 55.5 Å². The third-order valence-electron chi connectivity index (χ3n) is 4.26. The van der Waals surface area contributed by atoms with Gasteiger partial charge < -0.3 is 15.4 Å². The van der Waals surface area contributed by atoms with E-state index < -0.39 is 0 Å². The van der Waals surface area contributed by atoms with Crippen LogP contribution in [0.25, 0.3) is 5.82 Å². The van der Waals surface area contributed by atoms with Crippen LogP contribution >= 0.6 is 23.2 Å². The summed E-state index contributed by atoms with van der Waals surface area (Å²) in [5, 5.41) is 11.0. The Balaban J connectivity index is 1.35. The van der Waals surface area contributed by atoms with Gasteiger partial charge in [0.05, 0.1) is 5.02 Å². The summed E-state index contributed by atoms with van der Waals surface area (Å²) in [5.41, 5.74) is 1.43. The van der Waals surface area contributed by atoms with Gasteiger partial charge >= 0.3 is 0 Å². The molecule has 4 aromatic rings. The summed E-state index contributed by atoms with van der Waals surface area (Å²) >= 11 is 11.9. The Hall–Kier alpha value is -3.62. The van der Waals surface area contributed by atoms with Crippen LogP contribution in [0, 0.1) is 6.92 Å². The average molecular weight is 469 g/mol. The number of carbonyl (C=O) groups is 1. The van der Waals surface area contributed by atoms with E-state index in [1.807, 2.05) is 31.3 Å². The zero-order chi connectivity index (χ0) is 22.5. The van der Waals surface area contributed by atoms with Crippen LogP contribution in [0.2, 0.25) is 10.0 Å². The maximum absolute atomic E-state index is 12.2. The first-order chi connectivity index (χ1) is 15.5. The molecule has 162 valence electrons. The Morgan fingerprint density at radius 3 is 2.56 bits per heavy atom. The molecule has 2 aromatic heterocycles. The van der Waals surface area contributed by atoms with Crippen LogP contribution in [0.5, 0.6) is 5.75 Å². The average Bonchev–Trinajstić information content (AvgIpc) is 3.29. The van der Waals surface area contributed by atoms with Gasteiger partial charge in [-0.1, -0.05) is 23.2 Å². The van der Waals surface area contributed by atoms with Crippen molar-refractivity contribution >= 4 is 46.3 Å². The highest BCUT2D eigenvalue weighted by Crippen LogP contribution is 2.27. The third-order valence-corrected chi connectivity index (χ3v) is 4.79. The Morgan fingerprint density at radius 1 is 1.06 bits per heavy atom. The summed E-state index contributed by atoms with van der Waals surface area (Å²) < 4.78 is 7.11. The number of nitrogens with zero attached hydrogens (tertiary/aromatic N) is 4. The lowest BCUT2D eigenvalue weighted by molar-refractivity contribution is -0.118. The van der Waals surface area contributed by atoms with Crippen molar-refractivity contribution in [3.05, 3.63) is 82.9 Å². The van der Waals surface area contributed by atoms with E-state index in [1.54, 1.807) is 47.3 Å². The molecule has 8 nitrogen and oxygen atoms in total. The third kappa shape index (κ3) is 5.54. The molecule has 0 aliphatic carbocycles. The molecule has 0 aliphatic rings. The SMILES string of the molecule is Cc1nc(Nc2ccc(NC(=O)COc3ccc(Cl)cc3Cl)cc2)cc(-n2cccn2)n1. The Morgan fingerprint density at radius 2 is 1.84 bits per heavy atom. The van der Waals surface area contributed by atoms with E-state index in [2.05, 4.69) is 25.7 Å². The summed E-state index contributed by atoms with van der Waals surface area (Å²) in [6, 6.07) is 15.7.